The fourth-order valence-electron chi connectivity index (χ4n) is 8.76. The van der Waals surface area contributed by atoms with E-state index in [0.717, 1.165) is 11.1 Å². The maximum atomic E-state index is 13.6. The molecule has 2 aromatic carbocycles. The summed E-state index contributed by atoms with van der Waals surface area (Å²) in [5, 5.41) is 35.1. The third-order valence-electron chi connectivity index (χ3n) is 10.9. The number of hydrogen-bond donors (Lipinski definition) is 3. The molecule has 8 atom stereocenters. The Morgan fingerprint density at radius 2 is 1.48 bits per heavy atom. The first-order chi connectivity index (χ1) is 20.8. The summed E-state index contributed by atoms with van der Waals surface area (Å²) in [6, 6.07) is 18.4. The first-order valence-electron chi connectivity index (χ1n) is 15.3. The third-order valence-corrected chi connectivity index (χ3v) is 10.9. The molecule has 8 heteroatoms. The van der Waals surface area contributed by atoms with Gasteiger partial charge in [-0.15, -0.1) is 0 Å². The molecular weight excluding hydrogens is 560 g/mol. The molecule has 2 saturated carbocycles. The highest BCUT2D eigenvalue weighted by Crippen LogP contribution is 2.77. The van der Waals surface area contributed by atoms with Crippen LogP contribution >= 0.6 is 0 Å². The van der Waals surface area contributed by atoms with Gasteiger partial charge in [0.25, 0.3) is 0 Å². The monoisotopic (exact) mass is 600 g/mol. The van der Waals surface area contributed by atoms with Gasteiger partial charge in [-0.25, -0.2) is 0 Å². The zero-order chi connectivity index (χ0) is 31.7. The van der Waals surface area contributed by atoms with Crippen LogP contribution in [0.25, 0.3) is 0 Å². The van der Waals surface area contributed by atoms with Crippen molar-refractivity contribution >= 4 is 17.7 Å². The number of rotatable bonds is 7. The summed E-state index contributed by atoms with van der Waals surface area (Å²) in [6.45, 7) is 6.78. The van der Waals surface area contributed by atoms with Crippen molar-refractivity contribution in [3.05, 3.63) is 95.1 Å². The Labute approximate surface area is 257 Å². The molecule has 232 valence electrons. The molecular formula is C36H40O8. The van der Waals surface area contributed by atoms with Gasteiger partial charge in [0, 0.05) is 35.5 Å². The number of hydrogen-bond acceptors (Lipinski definition) is 8. The summed E-state index contributed by atoms with van der Waals surface area (Å²) in [5.41, 5.74) is -3.55. The fraction of sp³-hybridized carbons (Fsp3) is 0.472. The minimum Gasteiger partial charge on any atom is -0.457 e. The molecule has 0 unspecified atom stereocenters. The highest BCUT2D eigenvalue weighted by Gasteiger charge is 2.88. The Hall–Kier alpha value is -3.59. The summed E-state index contributed by atoms with van der Waals surface area (Å²) in [5.74, 6) is -4.71. The molecule has 0 aromatic heterocycles. The number of esters is 2. The maximum absolute atomic E-state index is 13.6. The van der Waals surface area contributed by atoms with Crippen molar-refractivity contribution in [3.8, 4) is 0 Å². The summed E-state index contributed by atoms with van der Waals surface area (Å²) >= 11 is 0. The van der Waals surface area contributed by atoms with Gasteiger partial charge in [-0.2, -0.15) is 0 Å². The molecule has 4 aliphatic carbocycles. The van der Waals surface area contributed by atoms with E-state index in [1.54, 1.807) is 26.0 Å². The predicted molar refractivity (Wildman–Crippen MR) is 161 cm³/mol. The van der Waals surface area contributed by atoms with Crippen molar-refractivity contribution in [3.63, 3.8) is 0 Å². The van der Waals surface area contributed by atoms with Crippen LogP contribution in [0.2, 0.25) is 0 Å². The van der Waals surface area contributed by atoms with Crippen LogP contribution in [0.1, 0.15) is 45.2 Å². The van der Waals surface area contributed by atoms with Gasteiger partial charge in [-0.3, -0.25) is 14.4 Å². The lowest BCUT2D eigenvalue weighted by atomic mass is 9.59. The largest absolute Gasteiger partial charge is 0.457 e. The van der Waals surface area contributed by atoms with E-state index in [1.807, 2.05) is 74.5 Å². The van der Waals surface area contributed by atoms with Crippen LogP contribution < -0.4 is 0 Å². The van der Waals surface area contributed by atoms with E-state index in [0.29, 0.717) is 11.1 Å². The molecule has 3 N–H and O–H groups in total. The van der Waals surface area contributed by atoms with Gasteiger partial charge >= 0.3 is 11.9 Å². The first-order valence-corrected chi connectivity index (χ1v) is 15.3. The van der Waals surface area contributed by atoms with Crippen LogP contribution in [-0.2, 0) is 36.7 Å². The number of fused-ring (bicyclic) bond motifs is 5. The number of benzene rings is 2. The summed E-state index contributed by atoms with van der Waals surface area (Å²) < 4.78 is 12.7. The average Bonchev–Trinajstić information content (AvgIpc) is 3.41. The van der Waals surface area contributed by atoms with Crippen molar-refractivity contribution in [2.45, 2.75) is 69.9 Å². The van der Waals surface area contributed by atoms with Crippen LogP contribution in [0.3, 0.4) is 0 Å². The predicted octanol–water partition coefficient (Wildman–Crippen LogP) is 3.52. The minimum atomic E-state index is -1.97. The van der Waals surface area contributed by atoms with E-state index < -0.39 is 76.3 Å². The van der Waals surface area contributed by atoms with Crippen molar-refractivity contribution < 1.29 is 39.2 Å². The molecule has 2 aromatic rings. The smallest absolute Gasteiger partial charge is 0.310 e. The van der Waals surface area contributed by atoms with Gasteiger partial charge in [0.2, 0.25) is 0 Å². The molecule has 0 spiro atoms. The van der Waals surface area contributed by atoms with Crippen molar-refractivity contribution in [2.75, 3.05) is 6.61 Å². The Morgan fingerprint density at radius 1 is 0.909 bits per heavy atom. The molecule has 4 aliphatic rings. The third kappa shape index (κ3) is 4.33. The van der Waals surface area contributed by atoms with E-state index in [9.17, 15) is 29.7 Å². The van der Waals surface area contributed by atoms with Gasteiger partial charge in [0.15, 0.2) is 11.4 Å². The molecule has 0 aliphatic heterocycles. The fourth-order valence-corrected chi connectivity index (χ4v) is 8.76. The normalized spacial score (nSPS) is 36.5. The van der Waals surface area contributed by atoms with Crippen LogP contribution in [0.5, 0.6) is 0 Å². The molecule has 6 rings (SSSR count). The number of aliphatic hydroxyl groups excluding tert-OH is 1. The van der Waals surface area contributed by atoms with Crippen LogP contribution in [-0.4, -0.2) is 62.6 Å². The second-order valence-electron chi connectivity index (χ2n) is 13.6. The standard InChI is InChI=1S/C36H40O8/c1-21-15-27-34(41,31(21)40)19-25(20-37)16-26-30-33(3,4)36(30,44-29(39)18-24-13-9-6-10-14-24)32(22(2)35(26,27)42)43-28(38)17-23-11-7-5-8-12-23/h5-16,22,26-27,30,32,37,41-42H,17-20H2,1-4H3/t22-,26+,27-,30-,32-,34-,35-,36-/m1/s1. The molecule has 2 fully saturated rings. The quantitative estimate of drug-likeness (QED) is 0.325. The maximum Gasteiger partial charge on any atom is 0.310 e. The summed E-state index contributed by atoms with van der Waals surface area (Å²) in [7, 11) is 0. The van der Waals surface area contributed by atoms with Crippen LogP contribution in [0, 0.1) is 29.1 Å². The summed E-state index contributed by atoms with van der Waals surface area (Å²) in [4.78, 5) is 40.5. The van der Waals surface area contributed by atoms with Gasteiger partial charge < -0.3 is 24.8 Å². The highest BCUT2D eigenvalue weighted by atomic mass is 16.6. The van der Waals surface area contributed by atoms with Gasteiger partial charge in [0.1, 0.15) is 11.7 Å². The lowest BCUT2D eigenvalue weighted by molar-refractivity contribution is -0.228. The Bertz CT molecular complexity index is 1540. The second-order valence-corrected chi connectivity index (χ2v) is 13.6. The lowest BCUT2D eigenvalue weighted by Gasteiger charge is -2.53. The Kier molecular flexibility index (Phi) is 7.26. The molecule has 0 radical (unpaired) electrons. The number of ketones is 1. The van der Waals surface area contributed by atoms with E-state index >= 15 is 0 Å². The van der Waals surface area contributed by atoms with E-state index in [4.69, 9.17) is 9.47 Å². The highest BCUT2D eigenvalue weighted by molar-refractivity contribution is 6.04. The number of aliphatic hydroxyl groups is 3. The molecule has 44 heavy (non-hydrogen) atoms. The van der Waals surface area contributed by atoms with Gasteiger partial charge in [0.05, 0.1) is 25.0 Å². The Morgan fingerprint density at radius 3 is 2.05 bits per heavy atom. The van der Waals surface area contributed by atoms with Gasteiger partial charge in [-0.05, 0) is 29.2 Å². The number of ether oxygens (including phenoxy) is 2. The van der Waals surface area contributed by atoms with Gasteiger partial charge in [-0.1, -0.05) is 93.6 Å². The number of carbonyl (C=O) groups excluding carboxylic acids is 3. The van der Waals surface area contributed by atoms with E-state index in [1.165, 1.54) is 0 Å². The topological polar surface area (TPSA) is 130 Å². The minimum absolute atomic E-state index is 0.00985. The van der Waals surface area contributed by atoms with Crippen molar-refractivity contribution in [1.82, 2.24) is 0 Å². The zero-order valence-electron chi connectivity index (χ0n) is 25.5. The van der Waals surface area contributed by atoms with Crippen molar-refractivity contribution in [1.29, 1.82) is 0 Å². The summed E-state index contributed by atoms with van der Waals surface area (Å²) in [6.07, 6.45) is 2.13. The number of Topliss-reactive ketones (excluding diaryl/α,β-unsaturated/α-hetero) is 1. The Balaban J connectivity index is 1.45. The van der Waals surface area contributed by atoms with Crippen LogP contribution in [0.15, 0.2) is 84.0 Å². The molecule has 0 bridgehead atoms. The van der Waals surface area contributed by atoms with Crippen molar-refractivity contribution in [2.24, 2.45) is 29.1 Å². The number of carbonyl (C=O) groups is 3. The average molecular weight is 601 g/mol. The SMILES string of the molecule is CC1=C[C@H]2[C@@]3(O)[C@H](C)[C@@H](OC(=O)Cc4ccccc4)[C@]4(OC(=O)Cc5ccccc5)[C@H]([C@@H]3C=C(CO)C[C@]2(O)C1=O)C4(C)C. The van der Waals surface area contributed by atoms with E-state index in [2.05, 4.69) is 0 Å². The molecule has 0 amide bonds. The zero-order valence-corrected chi connectivity index (χ0v) is 25.5. The molecule has 8 nitrogen and oxygen atoms in total. The van der Waals surface area contributed by atoms with Crippen LogP contribution in [0.4, 0.5) is 0 Å². The van der Waals surface area contributed by atoms with E-state index in [-0.39, 0.29) is 19.3 Å². The molecule has 0 saturated heterocycles. The first kappa shape index (κ1) is 30.4. The lowest BCUT2D eigenvalue weighted by Crippen LogP contribution is -2.66. The molecule has 0 heterocycles. The second kappa shape index (κ2) is 10.5.